The third-order valence-corrected chi connectivity index (χ3v) is 5.36. The van der Waals surface area contributed by atoms with Gasteiger partial charge >= 0.3 is 0 Å². The highest BCUT2D eigenvalue weighted by molar-refractivity contribution is 5.97. The number of fused-ring (bicyclic) bond motifs is 1. The average molecular weight is 394 g/mol. The molecule has 2 heterocycles. The Morgan fingerprint density at radius 3 is 2.93 bits per heavy atom. The molecule has 0 bridgehead atoms. The molecule has 29 heavy (non-hydrogen) atoms. The molecule has 0 aliphatic carbocycles. The normalized spacial score (nSPS) is 16.7. The van der Waals surface area contributed by atoms with E-state index in [1.807, 2.05) is 37.4 Å². The van der Waals surface area contributed by atoms with Crippen LogP contribution in [0.25, 0.3) is 22.6 Å². The Bertz CT molecular complexity index is 991. The van der Waals surface area contributed by atoms with Crippen LogP contribution in [0.3, 0.4) is 0 Å². The van der Waals surface area contributed by atoms with Crippen molar-refractivity contribution in [3.05, 3.63) is 48.0 Å². The summed E-state index contributed by atoms with van der Waals surface area (Å²) in [4.78, 5) is 19.1. The van der Waals surface area contributed by atoms with Gasteiger partial charge in [0, 0.05) is 31.3 Å². The van der Waals surface area contributed by atoms with Gasteiger partial charge in [-0.15, -0.1) is 0 Å². The van der Waals surface area contributed by atoms with Gasteiger partial charge < -0.3 is 18.8 Å². The Kier molecular flexibility index (Phi) is 5.81. The summed E-state index contributed by atoms with van der Waals surface area (Å²) in [5.41, 5.74) is 2.74. The van der Waals surface area contributed by atoms with Gasteiger partial charge in [-0.1, -0.05) is 6.07 Å². The first kappa shape index (κ1) is 19.5. The van der Waals surface area contributed by atoms with Gasteiger partial charge in [0.1, 0.15) is 11.3 Å². The van der Waals surface area contributed by atoms with Crippen LogP contribution in [0, 0.1) is 0 Å². The van der Waals surface area contributed by atoms with Crippen molar-refractivity contribution < 1.29 is 18.7 Å². The van der Waals surface area contributed by atoms with Crippen molar-refractivity contribution in [3.63, 3.8) is 0 Å². The van der Waals surface area contributed by atoms with Gasteiger partial charge in [0.2, 0.25) is 5.89 Å². The second-order valence-corrected chi connectivity index (χ2v) is 7.44. The molecule has 6 nitrogen and oxygen atoms in total. The molecule has 1 fully saturated rings. The van der Waals surface area contributed by atoms with Crippen LogP contribution in [0.5, 0.6) is 5.75 Å². The first-order valence-corrected chi connectivity index (χ1v) is 10.1. The maximum absolute atomic E-state index is 12.8. The number of hydrogen-bond acceptors (Lipinski definition) is 5. The minimum atomic E-state index is -0.0259. The Morgan fingerprint density at radius 2 is 2.14 bits per heavy atom. The van der Waals surface area contributed by atoms with Crippen LogP contribution in [0.1, 0.15) is 36.0 Å². The third-order valence-electron chi connectivity index (χ3n) is 5.36. The van der Waals surface area contributed by atoms with E-state index in [0.717, 1.165) is 42.7 Å². The topological polar surface area (TPSA) is 64.8 Å². The van der Waals surface area contributed by atoms with Gasteiger partial charge in [-0.2, -0.15) is 0 Å². The molecule has 1 saturated heterocycles. The van der Waals surface area contributed by atoms with Crippen LogP contribution in [0.4, 0.5) is 0 Å². The maximum Gasteiger partial charge on any atom is 0.253 e. The summed E-state index contributed by atoms with van der Waals surface area (Å²) in [7, 11) is 3.46. The van der Waals surface area contributed by atoms with Crippen LogP contribution < -0.4 is 4.74 Å². The highest BCUT2D eigenvalue weighted by Crippen LogP contribution is 2.27. The minimum Gasteiger partial charge on any atom is -0.497 e. The summed E-state index contributed by atoms with van der Waals surface area (Å²) in [6.07, 6.45) is 4.56. The summed E-state index contributed by atoms with van der Waals surface area (Å²) >= 11 is 0. The third kappa shape index (κ3) is 4.43. The van der Waals surface area contributed by atoms with E-state index in [4.69, 9.17) is 13.9 Å². The summed E-state index contributed by atoms with van der Waals surface area (Å²) in [5, 5.41) is 0. The highest BCUT2D eigenvalue weighted by Gasteiger charge is 2.18. The molecular weight excluding hydrogens is 368 g/mol. The molecule has 0 N–H and O–H groups in total. The number of rotatable bonds is 6. The second-order valence-electron chi connectivity index (χ2n) is 7.44. The predicted molar refractivity (Wildman–Crippen MR) is 111 cm³/mol. The van der Waals surface area contributed by atoms with E-state index in [9.17, 15) is 4.79 Å². The molecule has 1 aliphatic rings. The number of aromatic nitrogens is 1. The van der Waals surface area contributed by atoms with Gasteiger partial charge in [0.05, 0.1) is 13.2 Å². The number of benzene rings is 2. The molecule has 152 valence electrons. The van der Waals surface area contributed by atoms with E-state index >= 15 is 0 Å². The Hall–Kier alpha value is -2.86. The number of carbonyl (C=O) groups is 1. The molecule has 4 rings (SSSR count). The molecule has 0 radical (unpaired) electrons. The van der Waals surface area contributed by atoms with Gasteiger partial charge in [-0.05, 0) is 62.1 Å². The maximum atomic E-state index is 12.8. The van der Waals surface area contributed by atoms with E-state index in [0.29, 0.717) is 23.6 Å². The first-order valence-electron chi connectivity index (χ1n) is 10.1. The molecule has 1 unspecified atom stereocenters. The molecule has 0 saturated carbocycles. The van der Waals surface area contributed by atoms with Crippen molar-refractivity contribution in [1.82, 2.24) is 9.88 Å². The highest BCUT2D eigenvalue weighted by atomic mass is 16.5. The van der Waals surface area contributed by atoms with E-state index < -0.39 is 0 Å². The van der Waals surface area contributed by atoms with Gasteiger partial charge in [-0.25, -0.2) is 4.98 Å². The molecule has 1 atom stereocenters. The first-order chi connectivity index (χ1) is 14.1. The summed E-state index contributed by atoms with van der Waals surface area (Å²) in [6.45, 7) is 1.51. The number of methoxy groups -OCH3 is 1. The van der Waals surface area contributed by atoms with Crippen LogP contribution in [-0.4, -0.2) is 49.2 Å². The average Bonchev–Trinajstić information content (AvgIpc) is 3.21. The van der Waals surface area contributed by atoms with Crippen molar-refractivity contribution in [2.45, 2.75) is 31.8 Å². The molecule has 1 amide bonds. The van der Waals surface area contributed by atoms with Crippen LogP contribution in [0.15, 0.2) is 46.9 Å². The van der Waals surface area contributed by atoms with E-state index in [2.05, 4.69) is 4.98 Å². The molecule has 2 aromatic carbocycles. The van der Waals surface area contributed by atoms with Crippen LogP contribution in [-0.2, 0) is 4.74 Å². The van der Waals surface area contributed by atoms with Crippen molar-refractivity contribution in [3.8, 4) is 17.2 Å². The largest absolute Gasteiger partial charge is 0.497 e. The zero-order valence-electron chi connectivity index (χ0n) is 16.9. The smallest absolute Gasteiger partial charge is 0.253 e. The zero-order valence-corrected chi connectivity index (χ0v) is 16.9. The molecule has 1 aromatic heterocycles. The molecule has 0 spiro atoms. The molecule has 6 heteroatoms. The summed E-state index contributed by atoms with van der Waals surface area (Å²) < 4.78 is 16.9. The SMILES string of the molecule is COc1cccc(-c2nc3ccc(C(=O)N(C)CCC4CCCCO4)cc3o2)c1. The fraction of sp³-hybridized carbons (Fsp3) is 0.391. The zero-order chi connectivity index (χ0) is 20.2. The van der Waals surface area contributed by atoms with Crippen molar-refractivity contribution in [2.24, 2.45) is 0 Å². The molecular formula is C23H26N2O4. The fourth-order valence-electron chi connectivity index (χ4n) is 3.63. The number of amides is 1. The fourth-order valence-corrected chi connectivity index (χ4v) is 3.63. The Balaban J connectivity index is 1.48. The lowest BCUT2D eigenvalue weighted by Gasteiger charge is -2.25. The van der Waals surface area contributed by atoms with Crippen molar-refractivity contribution >= 4 is 17.0 Å². The second kappa shape index (κ2) is 8.66. The Morgan fingerprint density at radius 1 is 1.24 bits per heavy atom. The Labute approximate surface area is 170 Å². The van der Waals surface area contributed by atoms with Gasteiger partial charge in [-0.3, -0.25) is 4.79 Å². The lowest BCUT2D eigenvalue weighted by Crippen LogP contribution is -2.31. The van der Waals surface area contributed by atoms with Crippen LogP contribution in [0.2, 0.25) is 0 Å². The van der Waals surface area contributed by atoms with E-state index in [-0.39, 0.29) is 12.0 Å². The number of oxazole rings is 1. The van der Waals surface area contributed by atoms with Gasteiger partial charge in [0.15, 0.2) is 5.58 Å². The minimum absolute atomic E-state index is 0.0259. The number of hydrogen-bond donors (Lipinski definition) is 0. The number of carbonyl (C=O) groups excluding carboxylic acids is 1. The lowest BCUT2D eigenvalue weighted by molar-refractivity contribution is 0.00709. The molecule has 3 aromatic rings. The van der Waals surface area contributed by atoms with Crippen molar-refractivity contribution in [1.29, 1.82) is 0 Å². The quantitative estimate of drug-likeness (QED) is 0.614. The summed E-state index contributed by atoms with van der Waals surface area (Å²) in [5.74, 6) is 1.22. The number of ether oxygens (including phenoxy) is 2. The molecule has 1 aliphatic heterocycles. The number of nitrogens with zero attached hydrogens (tertiary/aromatic N) is 2. The lowest BCUT2D eigenvalue weighted by atomic mass is 10.1. The summed E-state index contributed by atoms with van der Waals surface area (Å²) in [6, 6.07) is 12.9. The predicted octanol–water partition coefficient (Wildman–Crippen LogP) is 4.53. The monoisotopic (exact) mass is 394 g/mol. The van der Waals surface area contributed by atoms with Gasteiger partial charge in [0.25, 0.3) is 5.91 Å². The standard InChI is InChI=1S/C23H26N2O4/c1-25(12-11-18-7-3-4-13-28-18)23(26)17-9-10-20-21(15-17)29-22(24-20)16-6-5-8-19(14-16)27-2/h5-6,8-10,14-15,18H,3-4,7,11-13H2,1-2H3. The van der Waals surface area contributed by atoms with E-state index in [1.54, 1.807) is 24.1 Å². The van der Waals surface area contributed by atoms with E-state index in [1.165, 1.54) is 6.42 Å². The van der Waals surface area contributed by atoms with Crippen LogP contribution >= 0.6 is 0 Å². The van der Waals surface area contributed by atoms with Crippen molar-refractivity contribution in [2.75, 3.05) is 27.3 Å².